The third kappa shape index (κ3) is 1.59. The molecule has 0 aromatic carbocycles. The second-order valence-electron chi connectivity index (χ2n) is 3.40. The highest BCUT2D eigenvalue weighted by molar-refractivity contribution is 5.83. The van der Waals surface area contributed by atoms with E-state index in [0.29, 0.717) is 25.7 Å². The van der Waals surface area contributed by atoms with Crippen molar-refractivity contribution in [1.29, 1.82) is 0 Å². The zero-order chi connectivity index (χ0) is 8.48. The van der Waals surface area contributed by atoms with E-state index in [0.717, 1.165) is 0 Å². The number of Topliss-reactive ketones (excluding diaryl/α,β-unsaturated/α-hetero) is 1. The first kappa shape index (κ1) is 8.24. The molecule has 11 heavy (non-hydrogen) atoms. The van der Waals surface area contributed by atoms with Crippen molar-refractivity contribution in [3.8, 4) is 0 Å². The molecule has 1 rings (SSSR count). The van der Waals surface area contributed by atoms with Crippen LogP contribution in [0.3, 0.4) is 0 Å². The Hall–Kier alpha value is -0.860. The molecule has 0 aliphatic heterocycles. The van der Waals surface area contributed by atoms with E-state index in [1.165, 1.54) is 0 Å². The van der Waals surface area contributed by atoms with Crippen molar-refractivity contribution in [1.82, 2.24) is 0 Å². The average Bonchev–Trinajstić information content (AvgIpc) is 1.95. The molecule has 0 saturated heterocycles. The van der Waals surface area contributed by atoms with Crippen LogP contribution in [0.2, 0.25) is 0 Å². The lowest BCUT2D eigenvalue weighted by atomic mass is 9.75. The number of carbonyl (C=O) groups is 2. The van der Waals surface area contributed by atoms with Gasteiger partial charge in [-0.25, -0.2) is 0 Å². The summed E-state index contributed by atoms with van der Waals surface area (Å²) in [4.78, 5) is 21.5. The lowest BCUT2D eigenvalue weighted by Crippen LogP contribution is -2.32. The Kier molecular flexibility index (Phi) is 1.98. The number of carboxylic acids is 1. The van der Waals surface area contributed by atoms with Gasteiger partial charge in [0.15, 0.2) is 0 Å². The molecule has 62 valence electrons. The SMILES string of the molecule is CC1(C(=O)O)CCC(=O)CC1. The van der Waals surface area contributed by atoms with Crippen LogP contribution in [0.4, 0.5) is 0 Å². The Morgan fingerprint density at radius 2 is 1.91 bits per heavy atom. The number of ketones is 1. The summed E-state index contributed by atoms with van der Waals surface area (Å²) in [7, 11) is 0. The van der Waals surface area contributed by atoms with Gasteiger partial charge >= 0.3 is 5.97 Å². The first-order chi connectivity index (χ1) is 5.04. The van der Waals surface area contributed by atoms with E-state index in [4.69, 9.17) is 5.11 Å². The number of rotatable bonds is 1. The zero-order valence-electron chi connectivity index (χ0n) is 6.59. The van der Waals surface area contributed by atoms with Gasteiger partial charge in [0.2, 0.25) is 0 Å². The highest BCUT2D eigenvalue weighted by atomic mass is 16.4. The zero-order valence-corrected chi connectivity index (χ0v) is 6.59. The van der Waals surface area contributed by atoms with E-state index in [1.54, 1.807) is 6.92 Å². The van der Waals surface area contributed by atoms with Crippen LogP contribution in [0.1, 0.15) is 32.6 Å². The van der Waals surface area contributed by atoms with Gasteiger partial charge in [0.05, 0.1) is 5.41 Å². The summed E-state index contributed by atoms with van der Waals surface area (Å²) in [6.07, 6.45) is 1.87. The minimum absolute atomic E-state index is 0.198. The molecule has 3 nitrogen and oxygen atoms in total. The van der Waals surface area contributed by atoms with Gasteiger partial charge < -0.3 is 5.11 Å². The first-order valence-corrected chi connectivity index (χ1v) is 3.80. The van der Waals surface area contributed by atoms with Gasteiger partial charge in [-0.05, 0) is 19.8 Å². The topological polar surface area (TPSA) is 54.4 Å². The normalized spacial score (nSPS) is 23.2. The van der Waals surface area contributed by atoms with Crippen molar-refractivity contribution < 1.29 is 14.7 Å². The van der Waals surface area contributed by atoms with Crippen LogP contribution in [0, 0.1) is 5.41 Å². The molecule has 0 heterocycles. The van der Waals surface area contributed by atoms with Gasteiger partial charge in [-0.2, -0.15) is 0 Å². The van der Waals surface area contributed by atoms with Gasteiger partial charge in [0.25, 0.3) is 0 Å². The number of carboxylic acid groups (broad SMARTS) is 1. The summed E-state index contributed by atoms with van der Waals surface area (Å²) in [6.45, 7) is 1.71. The number of hydrogen-bond acceptors (Lipinski definition) is 2. The molecule has 1 saturated carbocycles. The highest BCUT2D eigenvalue weighted by Gasteiger charge is 2.36. The average molecular weight is 156 g/mol. The second kappa shape index (κ2) is 2.64. The molecular formula is C8H12O3. The maximum absolute atomic E-state index is 10.8. The van der Waals surface area contributed by atoms with Gasteiger partial charge in [-0.15, -0.1) is 0 Å². The quantitative estimate of drug-likeness (QED) is 0.621. The van der Waals surface area contributed by atoms with Crippen LogP contribution in [0.25, 0.3) is 0 Å². The van der Waals surface area contributed by atoms with E-state index >= 15 is 0 Å². The number of carbonyl (C=O) groups excluding carboxylic acids is 1. The Morgan fingerprint density at radius 3 is 2.27 bits per heavy atom. The summed E-state index contributed by atoms with van der Waals surface area (Å²) >= 11 is 0. The molecule has 0 radical (unpaired) electrons. The van der Waals surface area contributed by atoms with Crippen LogP contribution in [0.5, 0.6) is 0 Å². The lowest BCUT2D eigenvalue weighted by molar-refractivity contribution is -0.150. The fourth-order valence-corrected chi connectivity index (χ4v) is 1.29. The third-order valence-electron chi connectivity index (χ3n) is 2.43. The van der Waals surface area contributed by atoms with E-state index in [2.05, 4.69) is 0 Å². The van der Waals surface area contributed by atoms with Crippen LogP contribution in [-0.2, 0) is 9.59 Å². The van der Waals surface area contributed by atoms with Gasteiger partial charge in [0.1, 0.15) is 5.78 Å². The third-order valence-corrected chi connectivity index (χ3v) is 2.43. The van der Waals surface area contributed by atoms with Crippen molar-refractivity contribution in [3.63, 3.8) is 0 Å². The Balaban J connectivity index is 2.62. The molecule has 0 aromatic rings. The predicted molar refractivity (Wildman–Crippen MR) is 39.2 cm³/mol. The van der Waals surface area contributed by atoms with Gasteiger partial charge in [-0.3, -0.25) is 9.59 Å². The molecule has 1 aliphatic rings. The van der Waals surface area contributed by atoms with Gasteiger partial charge in [0, 0.05) is 12.8 Å². The monoisotopic (exact) mass is 156 g/mol. The van der Waals surface area contributed by atoms with Crippen molar-refractivity contribution in [2.45, 2.75) is 32.6 Å². The first-order valence-electron chi connectivity index (χ1n) is 3.80. The van der Waals surface area contributed by atoms with Crippen LogP contribution in [-0.4, -0.2) is 16.9 Å². The van der Waals surface area contributed by atoms with E-state index in [1.807, 2.05) is 0 Å². The second-order valence-corrected chi connectivity index (χ2v) is 3.40. The Labute approximate surface area is 65.4 Å². The highest BCUT2D eigenvalue weighted by Crippen LogP contribution is 2.34. The molecule has 0 amide bonds. The van der Waals surface area contributed by atoms with Crippen LogP contribution in [0.15, 0.2) is 0 Å². The number of aliphatic carboxylic acids is 1. The molecule has 0 spiro atoms. The molecule has 0 atom stereocenters. The molecule has 1 fully saturated rings. The molecule has 1 N–H and O–H groups in total. The largest absolute Gasteiger partial charge is 0.481 e. The summed E-state index contributed by atoms with van der Waals surface area (Å²) in [5.74, 6) is -0.575. The fraction of sp³-hybridized carbons (Fsp3) is 0.750. The van der Waals surface area contributed by atoms with E-state index < -0.39 is 11.4 Å². The van der Waals surface area contributed by atoms with E-state index in [-0.39, 0.29) is 5.78 Å². The Bertz CT molecular complexity index is 186. The minimum Gasteiger partial charge on any atom is -0.481 e. The lowest BCUT2D eigenvalue weighted by Gasteiger charge is -2.27. The van der Waals surface area contributed by atoms with Crippen molar-refractivity contribution >= 4 is 11.8 Å². The van der Waals surface area contributed by atoms with Crippen LogP contribution < -0.4 is 0 Å². The summed E-state index contributed by atoms with van der Waals surface area (Å²) in [5, 5.41) is 8.77. The maximum Gasteiger partial charge on any atom is 0.309 e. The molecule has 3 heteroatoms. The van der Waals surface area contributed by atoms with Crippen molar-refractivity contribution in [3.05, 3.63) is 0 Å². The van der Waals surface area contributed by atoms with Crippen molar-refractivity contribution in [2.75, 3.05) is 0 Å². The molecule has 1 aliphatic carbocycles. The summed E-state index contributed by atoms with van der Waals surface area (Å²) in [5.41, 5.74) is -0.645. The Morgan fingerprint density at radius 1 is 1.45 bits per heavy atom. The summed E-state index contributed by atoms with van der Waals surface area (Å²) in [6, 6.07) is 0. The predicted octanol–water partition coefficient (Wildman–Crippen LogP) is 1.22. The number of hydrogen-bond donors (Lipinski definition) is 1. The molecule has 0 unspecified atom stereocenters. The fourth-order valence-electron chi connectivity index (χ4n) is 1.29. The van der Waals surface area contributed by atoms with E-state index in [9.17, 15) is 9.59 Å². The molecule has 0 aromatic heterocycles. The van der Waals surface area contributed by atoms with Crippen LogP contribution >= 0.6 is 0 Å². The van der Waals surface area contributed by atoms with Crippen molar-refractivity contribution in [2.24, 2.45) is 5.41 Å². The molecular weight excluding hydrogens is 144 g/mol. The van der Waals surface area contributed by atoms with Gasteiger partial charge in [-0.1, -0.05) is 0 Å². The summed E-state index contributed by atoms with van der Waals surface area (Å²) < 4.78 is 0. The smallest absolute Gasteiger partial charge is 0.309 e. The molecule has 0 bridgehead atoms. The minimum atomic E-state index is -0.773. The maximum atomic E-state index is 10.8. The standard InChI is InChI=1S/C8H12O3/c1-8(7(10)11)4-2-6(9)3-5-8/h2-5H2,1H3,(H,10,11).